The monoisotopic (exact) mass is 321 g/mol. The van der Waals surface area contributed by atoms with Crippen molar-refractivity contribution >= 4 is 15.9 Å². The molecule has 1 aromatic rings. The maximum atomic E-state index is 3.61. The van der Waals surface area contributed by atoms with Crippen LogP contribution in [0.4, 0.5) is 0 Å². The largest absolute Gasteiger partial charge is 0.295 e. The second-order valence-corrected chi connectivity index (χ2v) is 7.51. The molecule has 0 bridgehead atoms. The summed E-state index contributed by atoms with van der Waals surface area (Å²) in [5.74, 6) is 0. The summed E-state index contributed by atoms with van der Waals surface area (Å²) in [5, 5.41) is 0. The molecule has 1 nitrogen and oxygen atoms in total. The second-order valence-electron chi connectivity index (χ2n) is 6.59. The Morgan fingerprint density at radius 1 is 1.21 bits per heavy atom. The van der Waals surface area contributed by atoms with Crippen molar-refractivity contribution in [3.63, 3.8) is 0 Å². The van der Waals surface area contributed by atoms with Gasteiger partial charge >= 0.3 is 0 Å². The van der Waals surface area contributed by atoms with Gasteiger partial charge in [0.05, 0.1) is 0 Å². The lowest BCUT2D eigenvalue weighted by molar-refractivity contribution is 0.0821. The van der Waals surface area contributed by atoms with Gasteiger partial charge in [0, 0.05) is 16.1 Å². The van der Waals surface area contributed by atoms with Gasteiger partial charge in [0.25, 0.3) is 0 Å². The van der Waals surface area contributed by atoms with Crippen molar-refractivity contribution in [2.24, 2.45) is 0 Å². The Labute approximate surface area is 125 Å². The van der Waals surface area contributed by atoms with Crippen molar-refractivity contribution < 1.29 is 0 Å². The van der Waals surface area contributed by atoms with Gasteiger partial charge in [-0.1, -0.05) is 22.0 Å². The highest BCUT2D eigenvalue weighted by Gasteiger charge is 2.38. The lowest BCUT2D eigenvalue weighted by Gasteiger charge is -2.41. The average Bonchev–Trinajstić information content (AvgIpc) is 2.75. The topological polar surface area (TPSA) is 3.24 Å². The summed E-state index contributed by atoms with van der Waals surface area (Å²) in [6, 6.07) is 7.62. The summed E-state index contributed by atoms with van der Waals surface area (Å²) < 4.78 is 1.23. The molecule has 0 spiro atoms. The molecule has 2 atom stereocenters. The minimum atomic E-state index is 0.404. The van der Waals surface area contributed by atoms with Crippen LogP contribution in [0.5, 0.6) is 0 Å². The van der Waals surface area contributed by atoms with Crippen LogP contribution in [0.3, 0.4) is 0 Å². The quantitative estimate of drug-likeness (QED) is 0.685. The molecule has 1 heterocycles. The molecular formula is C17H24BrN. The smallest absolute Gasteiger partial charge is 0.0190 e. The van der Waals surface area contributed by atoms with E-state index >= 15 is 0 Å². The number of nitrogens with zero attached hydrogens (tertiary/aromatic N) is 1. The van der Waals surface area contributed by atoms with Crippen molar-refractivity contribution in [2.75, 3.05) is 6.54 Å². The zero-order valence-corrected chi connectivity index (χ0v) is 13.7. The molecule has 1 aliphatic carbocycles. The number of fused-ring (bicyclic) bond motifs is 1. The molecule has 0 saturated carbocycles. The van der Waals surface area contributed by atoms with Crippen molar-refractivity contribution in [3.05, 3.63) is 33.8 Å². The minimum Gasteiger partial charge on any atom is -0.295 e. The van der Waals surface area contributed by atoms with Gasteiger partial charge in [-0.15, -0.1) is 0 Å². The predicted octanol–water partition coefficient (Wildman–Crippen LogP) is 4.57. The maximum Gasteiger partial charge on any atom is 0.0190 e. The number of halogens is 1. The van der Waals surface area contributed by atoms with Gasteiger partial charge in [-0.25, -0.2) is 0 Å². The summed E-state index contributed by atoms with van der Waals surface area (Å²) in [4.78, 5) is 2.79. The highest BCUT2D eigenvalue weighted by Crippen LogP contribution is 2.37. The first-order valence-corrected chi connectivity index (χ1v) is 8.42. The van der Waals surface area contributed by atoms with Crippen LogP contribution in [-0.2, 0) is 12.8 Å². The third kappa shape index (κ3) is 2.62. The van der Waals surface area contributed by atoms with Gasteiger partial charge in [-0.2, -0.15) is 0 Å². The van der Waals surface area contributed by atoms with Crippen LogP contribution < -0.4 is 0 Å². The number of rotatable bonds is 1. The highest BCUT2D eigenvalue weighted by atomic mass is 79.9. The molecule has 2 aliphatic rings. The summed E-state index contributed by atoms with van der Waals surface area (Å²) in [6.07, 6.45) is 7.85. The van der Waals surface area contributed by atoms with Gasteiger partial charge in [-0.3, -0.25) is 4.90 Å². The van der Waals surface area contributed by atoms with Gasteiger partial charge in [0.15, 0.2) is 0 Å². The van der Waals surface area contributed by atoms with E-state index in [-0.39, 0.29) is 0 Å². The summed E-state index contributed by atoms with van der Waals surface area (Å²) >= 11 is 3.61. The molecule has 0 unspecified atom stereocenters. The van der Waals surface area contributed by atoms with E-state index in [0.29, 0.717) is 5.54 Å². The van der Waals surface area contributed by atoms with Crippen LogP contribution in [-0.4, -0.2) is 23.0 Å². The van der Waals surface area contributed by atoms with Crippen LogP contribution in [0.1, 0.15) is 50.7 Å². The van der Waals surface area contributed by atoms with Crippen LogP contribution in [0.15, 0.2) is 22.7 Å². The fraction of sp³-hybridized carbons (Fsp3) is 0.647. The molecule has 104 valence electrons. The number of aryl methyl sites for hydroxylation is 2. The van der Waals surface area contributed by atoms with Crippen LogP contribution in [0, 0.1) is 0 Å². The van der Waals surface area contributed by atoms with Crippen molar-refractivity contribution in [2.45, 2.75) is 64.0 Å². The standard InChI is InChI=1S/C17H24BrN/c1-13-4-3-11-19(13)17(2)9-7-14-5-6-16(18)12-15(14)8-10-17/h5-6,12-13H,3-4,7-11H2,1-2H3/t13-,17+/m1/s1. The molecular weight excluding hydrogens is 298 g/mol. The molecule has 0 radical (unpaired) electrons. The molecule has 19 heavy (non-hydrogen) atoms. The fourth-order valence-corrected chi connectivity index (χ4v) is 4.43. The van der Waals surface area contributed by atoms with Gasteiger partial charge in [0.1, 0.15) is 0 Å². The molecule has 1 aliphatic heterocycles. The fourth-order valence-electron chi connectivity index (χ4n) is 4.03. The molecule has 2 heteroatoms. The highest BCUT2D eigenvalue weighted by molar-refractivity contribution is 9.10. The van der Waals surface area contributed by atoms with Crippen LogP contribution in [0.25, 0.3) is 0 Å². The Morgan fingerprint density at radius 3 is 2.63 bits per heavy atom. The Hall–Kier alpha value is -0.340. The Kier molecular flexibility index (Phi) is 3.74. The van der Waals surface area contributed by atoms with E-state index in [9.17, 15) is 0 Å². The van der Waals surface area contributed by atoms with E-state index in [1.165, 1.54) is 49.5 Å². The number of benzene rings is 1. The van der Waals surface area contributed by atoms with Gasteiger partial charge < -0.3 is 0 Å². The minimum absolute atomic E-state index is 0.404. The first kappa shape index (κ1) is 13.6. The lowest BCUT2D eigenvalue weighted by atomic mass is 9.89. The number of likely N-dealkylation sites (tertiary alicyclic amines) is 1. The third-order valence-corrected chi connectivity index (χ3v) is 5.77. The van der Waals surface area contributed by atoms with Crippen LogP contribution in [0.2, 0.25) is 0 Å². The second kappa shape index (κ2) is 5.21. The Balaban J connectivity index is 1.82. The SMILES string of the molecule is C[C@@H]1CCCN1[C@@]1(C)CCc2ccc(Br)cc2CC1. The third-order valence-electron chi connectivity index (χ3n) is 5.28. The first-order valence-electron chi connectivity index (χ1n) is 7.62. The maximum absolute atomic E-state index is 3.61. The summed E-state index contributed by atoms with van der Waals surface area (Å²) in [5.41, 5.74) is 3.53. The first-order chi connectivity index (χ1) is 9.08. The van der Waals surface area contributed by atoms with Crippen molar-refractivity contribution in [3.8, 4) is 0 Å². The molecule has 1 saturated heterocycles. The van der Waals surface area contributed by atoms with Gasteiger partial charge in [-0.05, 0) is 82.2 Å². The molecule has 1 fully saturated rings. The van der Waals surface area contributed by atoms with E-state index in [1.54, 1.807) is 11.1 Å². The number of hydrogen-bond acceptors (Lipinski definition) is 1. The molecule has 0 N–H and O–H groups in total. The predicted molar refractivity (Wildman–Crippen MR) is 84.6 cm³/mol. The van der Waals surface area contributed by atoms with E-state index < -0.39 is 0 Å². The summed E-state index contributed by atoms with van der Waals surface area (Å²) in [7, 11) is 0. The van der Waals surface area contributed by atoms with Crippen molar-refractivity contribution in [1.82, 2.24) is 4.90 Å². The van der Waals surface area contributed by atoms with Crippen LogP contribution >= 0.6 is 15.9 Å². The molecule has 0 aromatic heterocycles. The van der Waals surface area contributed by atoms with E-state index in [2.05, 4.69) is 52.9 Å². The lowest BCUT2D eigenvalue weighted by Crippen LogP contribution is -2.48. The molecule has 3 rings (SSSR count). The van der Waals surface area contributed by atoms with E-state index in [4.69, 9.17) is 0 Å². The average molecular weight is 322 g/mol. The zero-order valence-electron chi connectivity index (χ0n) is 12.1. The van der Waals surface area contributed by atoms with Crippen molar-refractivity contribution in [1.29, 1.82) is 0 Å². The number of hydrogen-bond donors (Lipinski definition) is 0. The van der Waals surface area contributed by atoms with Gasteiger partial charge in [0.2, 0.25) is 0 Å². The molecule has 1 aromatic carbocycles. The normalized spacial score (nSPS) is 32.1. The zero-order chi connectivity index (χ0) is 13.5. The Morgan fingerprint density at radius 2 is 1.95 bits per heavy atom. The Bertz CT molecular complexity index is 470. The summed E-state index contributed by atoms with van der Waals surface area (Å²) in [6.45, 7) is 6.21. The molecule has 0 amide bonds. The van der Waals surface area contributed by atoms with E-state index in [0.717, 1.165) is 6.04 Å². The van der Waals surface area contributed by atoms with E-state index in [1.807, 2.05) is 0 Å².